The van der Waals surface area contributed by atoms with E-state index in [-0.39, 0.29) is 41.3 Å². The topological polar surface area (TPSA) is 122 Å². The number of nitrogens with two attached hydrogens (primary N) is 1. The molecule has 10 nitrogen and oxygen atoms in total. The van der Waals surface area contributed by atoms with Gasteiger partial charge in [0.05, 0.1) is 12.5 Å². The molecule has 0 radical (unpaired) electrons. The van der Waals surface area contributed by atoms with E-state index in [1.165, 1.54) is 51.4 Å². The van der Waals surface area contributed by atoms with Gasteiger partial charge in [0.25, 0.3) is 0 Å². The van der Waals surface area contributed by atoms with Crippen molar-refractivity contribution >= 4 is 24.3 Å². The number of primary amides is 1. The minimum Gasteiger partial charge on any atom is -0.444 e. The molecule has 3 heterocycles. The standard InChI is InChI=1S/C17H28N2O3.C16H29NO2.CH3NO/c1-15(2,3)22-14(21)18-7-6-17(9-18)10-19(11-17)13(20)12-8-16(12,4)5;1-14(19-13-15-8-4-2-5-9-15)12-16(18)17-10-6-3-7-11-17;2-1-3/h12H,6-11H2,1-5H3;14-15H,2-13H2,1H3;1H,(H2,2,3). The Morgan fingerprint density at radius 3 is 2.00 bits per heavy atom. The lowest BCUT2D eigenvalue weighted by atomic mass is 9.78. The molecule has 1 spiro atoms. The molecule has 5 rings (SSSR count). The summed E-state index contributed by atoms with van der Waals surface area (Å²) >= 11 is 0. The number of amides is 4. The van der Waals surface area contributed by atoms with E-state index >= 15 is 0 Å². The van der Waals surface area contributed by atoms with Crippen LogP contribution >= 0.6 is 0 Å². The first kappa shape index (κ1) is 36.1. The van der Waals surface area contributed by atoms with Gasteiger partial charge in [0, 0.05) is 57.2 Å². The number of nitrogens with zero attached hydrogens (tertiary/aromatic N) is 3. The van der Waals surface area contributed by atoms with E-state index < -0.39 is 5.60 Å². The maximum Gasteiger partial charge on any atom is 0.410 e. The lowest BCUT2D eigenvalue weighted by molar-refractivity contribution is -0.144. The Morgan fingerprint density at radius 1 is 0.909 bits per heavy atom. The summed E-state index contributed by atoms with van der Waals surface area (Å²) in [4.78, 5) is 51.0. The molecule has 0 aromatic heterocycles. The van der Waals surface area contributed by atoms with Gasteiger partial charge in [0.2, 0.25) is 18.2 Å². The zero-order valence-electron chi connectivity index (χ0n) is 28.4. The first-order valence-electron chi connectivity index (χ1n) is 17.0. The van der Waals surface area contributed by atoms with Crippen molar-refractivity contribution in [2.24, 2.45) is 28.4 Å². The van der Waals surface area contributed by atoms with Crippen molar-refractivity contribution in [3.63, 3.8) is 0 Å². The van der Waals surface area contributed by atoms with Crippen LogP contribution in [0.4, 0.5) is 4.79 Å². The fourth-order valence-electron chi connectivity index (χ4n) is 6.94. The van der Waals surface area contributed by atoms with Gasteiger partial charge in [-0.05, 0) is 84.0 Å². The van der Waals surface area contributed by atoms with Gasteiger partial charge in [-0.2, -0.15) is 0 Å². The van der Waals surface area contributed by atoms with Crippen molar-refractivity contribution in [2.75, 3.05) is 45.9 Å². The Hall–Kier alpha value is -2.36. The van der Waals surface area contributed by atoms with Gasteiger partial charge >= 0.3 is 6.09 Å². The Kier molecular flexibility index (Phi) is 12.9. The van der Waals surface area contributed by atoms with Gasteiger partial charge in [0.1, 0.15) is 5.60 Å². The number of ether oxygens (including phenoxy) is 2. The molecule has 5 fully saturated rings. The second-order valence-corrected chi connectivity index (χ2v) is 15.5. The second-order valence-electron chi connectivity index (χ2n) is 15.5. The molecule has 3 aliphatic heterocycles. The minimum absolute atomic E-state index is 0.0800. The van der Waals surface area contributed by atoms with Crippen LogP contribution in [0, 0.1) is 22.7 Å². The van der Waals surface area contributed by atoms with E-state index in [1.807, 2.05) is 37.5 Å². The molecule has 2 unspecified atom stereocenters. The molecule has 3 saturated heterocycles. The van der Waals surface area contributed by atoms with E-state index in [1.54, 1.807) is 4.90 Å². The molecule has 2 saturated carbocycles. The number of hydrogen-bond donors (Lipinski definition) is 1. The molecule has 0 aromatic rings. The molecule has 44 heavy (non-hydrogen) atoms. The average Bonchev–Trinajstić information content (AvgIpc) is 3.36. The summed E-state index contributed by atoms with van der Waals surface area (Å²) in [6, 6.07) is 0. The molecule has 0 aromatic carbocycles. The predicted molar refractivity (Wildman–Crippen MR) is 171 cm³/mol. The monoisotopic (exact) mass is 620 g/mol. The first-order valence-corrected chi connectivity index (χ1v) is 17.0. The number of piperidine rings is 1. The largest absolute Gasteiger partial charge is 0.444 e. The van der Waals surface area contributed by atoms with Crippen molar-refractivity contribution < 1.29 is 28.7 Å². The molecule has 0 bridgehead atoms. The number of carbonyl (C=O) groups is 4. The molecule has 4 amide bonds. The van der Waals surface area contributed by atoms with Crippen LogP contribution in [0.3, 0.4) is 0 Å². The van der Waals surface area contributed by atoms with Crippen LogP contribution < -0.4 is 5.73 Å². The van der Waals surface area contributed by atoms with Crippen molar-refractivity contribution in [1.82, 2.24) is 14.7 Å². The van der Waals surface area contributed by atoms with Crippen LogP contribution in [0.5, 0.6) is 0 Å². The minimum atomic E-state index is -0.452. The van der Waals surface area contributed by atoms with Crippen molar-refractivity contribution in [2.45, 2.75) is 124 Å². The van der Waals surface area contributed by atoms with Gasteiger partial charge in [-0.3, -0.25) is 14.4 Å². The van der Waals surface area contributed by atoms with Gasteiger partial charge in [0.15, 0.2) is 0 Å². The SMILES string of the molecule is CC(C)(C)OC(=O)N1CCC2(C1)CN(C(=O)C1CC1(C)C)C2.CC(CC(=O)N1CCCCC1)OCC1CCCCC1.NC=O. The molecule has 10 heteroatoms. The van der Waals surface area contributed by atoms with Crippen LogP contribution in [0.2, 0.25) is 0 Å². The normalized spacial score (nSPS) is 24.6. The van der Waals surface area contributed by atoms with E-state index in [4.69, 9.17) is 14.3 Å². The summed E-state index contributed by atoms with van der Waals surface area (Å²) in [5, 5.41) is 0. The molecule has 2 atom stereocenters. The van der Waals surface area contributed by atoms with Crippen LogP contribution in [0.15, 0.2) is 0 Å². The zero-order valence-corrected chi connectivity index (χ0v) is 28.4. The summed E-state index contributed by atoms with van der Waals surface area (Å²) in [5.74, 6) is 1.55. The van der Waals surface area contributed by atoms with Crippen molar-refractivity contribution in [1.29, 1.82) is 0 Å². The molecule has 2 aliphatic carbocycles. The maximum absolute atomic E-state index is 12.4. The molecule has 252 valence electrons. The predicted octanol–water partition coefficient (Wildman–Crippen LogP) is 4.98. The lowest BCUT2D eigenvalue weighted by Gasteiger charge is -2.48. The second kappa shape index (κ2) is 15.8. The zero-order chi connectivity index (χ0) is 32.5. The first-order chi connectivity index (χ1) is 20.7. The van der Waals surface area contributed by atoms with E-state index in [2.05, 4.69) is 19.6 Å². The number of likely N-dealkylation sites (tertiary alicyclic amines) is 3. The Balaban J connectivity index is 0.000000223. The third-order valence-corrected chi connectivity index (χ3v) is 9.78. The van der Waals surface area contributed by atoms with Gasteiger partial charge in [-0.15, -0.1) is 0 Å². The fraction of sp³-hybridized carbons (Fsp3) is 0.882. The quantitative estimate of drug-likeness (QED) is 0.418. The summed E-state index contributed by atoms with van der Waals surface area (Å²) in [6.45, 7) is 17.9. The Bertz CT molecular complexity index is 961. The van der Waals surface area contributed by atoms with Crippen LogP contribution in [-0.2, 0) is 23.9 Å². The average molecular weight is 621 g/mol. The Labute approximate surface area is 265 Å². The molecule has 2 N–H and O–H groups in total. The lowest BCUT2D eigenvalue weighted by Crippen LogP contribution is -2.60. The summed E-state index contributed by atoms with van der Waals surface area (Å²) in [6.07, 6.45) is 13.0. The van der Waals surface area contributed by atoms with Crippen LogP contribution in [-0.4, -0.2) is 96.6 Å². The van der Waals surface area contributed by atoms with Crippen molar-refractivity contribution in [3.05, 3.63) is 0 Å². The number of hydrogen-bond acceptors (Lipinski definition) is 6. The number of rotatable bonds is 6. The highest BCUT2D eigenvalue weighted by atomic mass is 16.6. The smallest absolute Gasteiger partial charge is 0.410 e. The maximum atomic E-state index is 12.4. The fourth-order valence-corrected chi connectivity index (χ4v) is 6.94. The van der Waals surface area contributed by atoms with Gasteiger partial charge < -0.3 is 29.9 Å². The van der Waals surface area contributed by atoms with Crippen molar-refractivity contribution in [3.8, 4) is 0 Å². The van der Waals surface area contributed by atoms with E-state index in [9.17, 15) is 14.4 Å². The van der Waals surface area contributed by atoms with Crippen LogP contribution in [0.25, 0.3) is 0 Å². The summed E-state index contributed by atoms with van der Waals surface area (Å²) in [5.41, 5.74) is 4.02. The van der Waals surface area contributed by atoms with Gasteiger partial charge in [-0.1, -0.05) is 33.1 Å². The van der Waals surface area contributed by atoms with E-state index in [0.717, 1.165) is 64.6 Å². The summed E-state index contributed by atoms with van der Waals surface area (Å²) in [7, 11) is 0. The van der Waals surface area contributed by atoms with E-state index in [0.29, 0.717) is 12.3 Å². The third kappa shape index (κ3) is 10.9. The summed E-state index contributed by atoms with van der Waals surface area (Å²) < 4.78 is 11.3. The number of carbonyl (C=O) groups excluding carboxylic acids is 4. The Morgan fingerprint density at radius 2 is 1.45 bits per heavy atom. The highest BCUT2D eigenvalue weighted by Crippen LogP contribution is 2.54. The molecular weight excluding hydrogens is 560 g/mol. The van der Waals surface area contributed by atoms with Gasteiger partial charge in [-0.25, -0.2) is 4.79 Å². The highest BCUT2D eigenvalue weighted by Gasteiger charge is 2.57. The highest BCUT2D eigenvalue weighted by molar-refractivity contribution is 5.83. The third-order valence-electron chi connectivity index (χ3n) is 9.78. The molecular formula is C34H60N4O6. The molecule has 5 aliphatic rings. The van der Waals surface area contributed by atoms with Crippen LogP contribution in [0.1, 0.15) is 112 Å².